The summed E-state index contributed by atoms with van der Waals surface area (Å²) in [5.41, 5.74) is 5.47. The molecule has 2 rings (SSSR count). The van der Waals surface area contributed by atoms with Gasteiger partial charge >= 0.3 is 11.7 Å². The Morgan fingerprint density at radius 2 is 2.38 bits per heavy atom. The van der Waals surface area contributed by atoms with E-state index in [0.29, 0.717) is 0 Å². The van der Waals surface area contributed by atoms with Crippen LogP contribution in [0.1, 0.15) is 0 Å². The SMILES string of the molecule is Nc1ccnc2nc([N+](=O)[O-])nn12. The third-order valence-electron chi connectivity index (χ3n) is 1.42. The monoisotopic (exact) mass is 180 g/mol. The summed E-state index contributed by atoms with van der Waals surface area (Å²) in [6, 6.07) is 1.48. The topological polar surface area (TPSA) is 112 Å². The summed E-state index contributed by atoms with van der Waals surface area (Å²) in [6.45, 7) is 0. The summed E-state index contributed by atoms with van der Waals surface area (Å²) in [7, 11) is 0. The Bertz CT molecular complexity index is 477. The molecule has 2 N–H and O–H groups in total. The number of rotatable bonds is 1. The molecular formula is C5H4N6O2. The van der Waals surface area contributed by atoms with Gasteiger partial charge in [0.2, 0.25) is 0 Å². The van der Waals surface area contributed by atoms with Crippen molar-refractivity contribution in [2.75, 3.05) is 5.73 Å². The summed E-state index contributed by atoms with van der Waals surface area (Å²) in [5.74, 6) is -0.136. The van der Waals surface area contributed by atoms with E-state index < -0.39 is 10.9 Å². The van der Waals surface area contributed by atoms with Crippen LogP contribution >= 0.6 is 0 Å². The van der Waals surface area contributed by atoms with Gasteiger partial charge in [0.1, 0.15) is 5.82 Å². The van der Waals surface area contributed by atoms with Crippen LogP contribution in [-0.2, 0) is 0 Å². The van der Waals surface area contributed by atoms with Crippen LogP contribution < -0.4 is 5.73 Å². The number of nitrogen functional groups attached to an aromatic ring is 1. The number of nitrogens with two attached hydrogens (primary N) is 1. The Kier molecular flexibility index (Phi) is 1.35. The predicted octanol–water partition coefficient (Wildman–Crippen LogP) is -0.385. The molecule has 0 fully saturated rings. The maximum absolute atomic E-state index is 10.3. The van der Waals surface area contributed by atoms with Crippen molar-refractivity contribution in [1.82, 2.24) is 19.6 Å². The Labute approximate surface area is 71.2 Å². The average molecular weight is 180 g/mol. The summed E-state index contributed by atoms with van der Waals surface area (Å²) < 4.78 is 1.11. The number of hydrogen-bond acceptors (Lipinski definition) is 6. The minimum Gasteiger partial charge on any atom is -0.390 e. The molecule has 0 aromatic carbocycles. The van der Waals surface area contributed by atoms with Gasteiger partial charge in [0.15, 0.2) is 0 Å². The number of aromatic nitrogens is 4. The molecule has 2 heterocycles. The van der Waals surface area contributed by atoms with Gasteiger partial charge in [-0.15, -0.1) is 4.52 Å². The first kappa shape index (κ1) is 7.40. The molecule has 0 radical (unpaired) electrons. The molecule has 0 aliphatic heterocycles. The molecule has 0 aliphatic rings. The number of hydrogen-bond donors (Lipinski definition) is 1. The molecule has 8 nitrogen and oxygen atoms in total. The van der Waals surface area contributed by atoms with Crippen LogP contribution in [0, 0.1) is 10.1 Å². The van der Waals surface area contributed by atoms with E-state index in [1.165, 1.54) is 12.3 Å². The van der Waals surface area contributed by atoms with Crippen molar-refractivity contribution >= 4 is 17.5 Å². The second-order valence-corrected chi connectivity index (χ2v) is 2.25. The highest BCUT2D eigenvalue weighted by atomic mass is 16.6. The normalized spacial score (nSPS) is 10.5. The molecule has 0 saturated heterocycles. The van der Waals surface area contributed by atoms with Gasteiger partial charge in [-0.3, -0.25) is 0 Å². The lowest BCUT2D eigenvalue weighted by Crippen LogP contribution is -1.99. The van der Waals surface area contributed by atoms with Crippen molar-refractivity contribution in [1.29, 1.82) is 0 Å². The second-order valence-electron chi connectivity index (χ2n) is 2.25. The van der Waals surface area contributed by atoms with Gasteiger partial charge in [0.05, 0.1) is 0 Å². The van der Waals surface area contributed by atoms with E-state index in [2.05, 4.69) is 15.1 Å². The first-order chi connectivity index (χ1) is 6.18. The molecule has 0 bridgehead atoms. The van der Waals surface area contributed by atoms with Crippen LogP contribution in [0.3, 0.4) is 0 Å². The van der Waals surface area contributed by atoms with Crippen molar-refractivity contribution in [2.24, 2.45) is 0 Å². The van der Waals surface area contributed by atoms with Gasteiger partial charge in [-0.05, 0) is 9.91 Å². The van der Waals surface area contributed by atoms with Crippen molar-refractivity contribution < 1.29 is 4.92 Å². The minimum absolute atomic E-state index is 0.117. The van der Waals surface area contributed by atoms with Crippen LogP contribution in [0.4, 0.5) is 11.8 Å². The van der Waals surface area contributed by atoms with E-state index in [4.69, 9.17) is 5.73 Å². The lowest BCUT2D eigenvalue weighted by atomic mass is 10.6. The van der Waals surface area contributed by atoms with Crippen LogP contribution in [0.5, 0.6) is 0 Å². The van der Waals surface area contributed by atoms with Crippen molar-refractivity contribution in [3.8, 4) is 0 Å². The minimum atomic E-state index is -0.700. The van der Waals surface area contributed by atoms with E-state index >= 15 is 0 Å². The zero-order valence-corrected chi connectivity index (χ0v) is 6.28. The quantitative estimate of drug-likeness (QED) is 0.472. The molecule has 0 amide bonds. The molecule has 13 heavy (non-hydrogen) atoms. The highest BCUT2D eigenvalue weighted by molar-refractivity contribution is 5.40. The third kappa shape index (κ3) is 1.04. The average Bonchev–Trinajstić information content (AvgIpc) is 2.49. The zero-order valence-electron chi connectivity index (χ0n) is 6.28. The first-order valence-electron chi connectivity index (χ1n) is 3.30. The molecule has 0 unspecified atom stereocenters. The van der Waals surface area contributed by atoms with Crippen LogP contribution in [-0.4, -0.2) is 24.5 Å². The number of nitrogens with zero attached hydrogens (tertiary/aromatic N) is 5. The van der Waals surface area contributed by atoms with Crippen LogP contribution in [0.2, 0.25) is 0 Å². The van der Waals surface area contributed by atoms with Gasteiger partial charge in [0.25, 0.3) is 0 Å². The first-order valence-corrected chi connectivity index (χ1v) is 3.30. The molecular weight excluding hydrogens is 176 g/mol. The zero-order chi connectivity index (χ0) is 9.42. The highest BCUT2D eigenvalue weighted by Crippen LogP contribution is 2.08. The van der Waals surface area contributed by atoms with Crippen LogP contribution in [0.25, 0.3) is 5.78 Å². The fourth-order valence-electron chi connectivity index (χ4n) is 0.878. The number of fused-ring (bicyclic) bond motifs is 1. The van der Waals surface area contributed by atoms with E-state index in [-0.39, 0.29) is 11.6 Å². The summed E-state index contributed by atoms with van der Waals surface area (Å²) in [6.07, 6.45) is 1.41. The Morgan fingerprint density at radius 1 is 1.62 bits per heavy atom. The van der Waals surface area contributed by atoms with Gasteiger partial charge in [-0.1, -0.05) is 0 Å². The maximum atomic E-state index is 10.3. The van der Waals surface area contributed by atoms with Gasteiger partial charge < -0.3 is 15.8 Å². The lowest BCUT2D eigenvalue weighted by molar-refractivity contribution is -0.394. The summed E-state index contributed by atoms with van der Waals surface area (Å²) in [5, 5.41) is 13.8. The van der Waals surface area contributed by atoms with Gasteiger partial charge in [-0.2, -0.15) is 0 Å². The predicted molar refractivity (Wildman–Crippen MR) is 41.8 cm³/mol. The van der Waals surface area contributed by atoms with E-state index in [9.17, 15) is 10.1 Å². The molecule has 2 aromatic rings. The summed E-state index contributed by atoms with van der Waals surface area (Å²) in [4.78, 5) is 16.9. The molecule has 2 aromatic heterocycles. The van der Waals surface area contributed by atoms with E-state index in [1.807, 2.05) is 0 Å². The molecule has 8 heteroatoms. The molecule has 0 spiro atoms. The molecule has 0 saturated carbocycles. The van der Waals surface area contributed by atoms with Gasteiger partial charge in [-0.25, -0.2) is 4.98 Å². The highest BCUT2D eigenvalue weighted by Gasteiger charge is 2.17. The Balaban J connectivity index is 2.75. The lowest BCUT2D eigenvalue weighted by Gasteiger charge is -1.88. The largest absolute Gasteiger partial charge is 0.493 e. The third-order valence-corrected chi connectivity index (χ3v) is 1.42. The molecule has 66 valence electrons. The van der Waals surface area contributed by atoms with Crippen molar-refractivity contribution in [3.05, 3.63) is 22.4 Å². The Morgan fingerprint density at radius 3 is 3.00 bits per heavy atom. The van der Waals surface area contributed by atoms with Gasteiger partial charge in [0, 0.05) is 17.4 Å². The molecule has 0 atom stereocenters. The second kappa shape index (κ2) is 2.37. The van der Waals surface area contributed by atoms with E-state index in [0.717, 1.165) is 4.52 Å². The van der Waals surface area contributed by atoms with Crippen LogP contribution in [0.15, 0.2) is 12.3 Å². The fourth-order valence-corrected chi connectivity index (χ4v) is 0.878. The van der Waals surface area contributed by atoms with E-state index in [1.54, 1.807) is 0 Å². The number of anilines is 1. The van der Waals surface area contributed by atoms with Crippen molar-refractivity contribution in [3.63, 3.8) is 0 Å². The standard InChI is InChI=1S/C5H4N6O2/c6-3-1-2-7-4-8-5(11(12)13)9-10(3)4/h1-2H,6H2. The smallest absolute Gasteiger partial charge is 0.390 e. The Hall–Kier alpha value is -2.25. The maximum Gasteiger partial charge on any atom is 0.493 e. The number of nitro groups is 1. The fraction of sp³-hybridized carbons (Fsp3) is 0. The van der Waals surface area contributed by atoms with Crippen molar-refractivity contribution in [2.45, 2.75) is 0 Å². The molecule has 0 aliphatic carbocycles. The summed E-state index contributed by atoms with van der Waals surface area (Å²) >= 11 is 0.